The van der Waals surface area contributed by atoms with Gasteiger partial charge in [0.25, 0.3) is 0 Å². The first-order valence-corrected chi connectivity index (χ1v) is 10.8. The predicted octanol–water partition coefficient (Wildman–Crippen LogP) is 3.78. The van der Waals surface area contributed by atoms with Gasteiger partial charge in [-0.25, -0.2) is 9.78 Å². The summed E-state index contributed by atoms with van der Waals surface area (Å²) in [5.74, 6) is 1.52. The van der Waals surface area contributed by atoms with Crippen LogP contribution < -0.4 is 4.74 Å². The molecule has 0 saturated heterocycles. The Labute approximate surface area is 176 Å². The first-order chi connectivity index (χ1) is 14.2. The molecule has 156 valence electrons. The van der Waals surface area contributed by atoms with Crippen molar-refractivity contribution >= 4 is 17.7 Å². The Bertz CT molecular complexity index is 798. The molecular formula is C22H28N2O4S. The number of carbonyl (C=O) groups excluding carboxylic acids is 1. The second-order valence-corrected chi connectivity index (χ2v) is 8.01. The molecule has 2 heterocycles. The van der Waals surface area contributed by atoms with Crippen molar-refractivity contribution in [1.82, 2.24) is 9.88 Å². The van der Waals surface area contributed by atoms with E-state index in [9.17, 15) is 4.79 Å². The Kier molecular flexibility index (Phi) is 8.34. The van der Waals surface area contributed by atoms with Crippen molar-refractivity contribution in [2.45, 2.75) is 31.0 Å². The minimum Gasteiger partial charge on any atom is -0.495 e. The van der Waals surface area contributed by atoms with Crippen LogP contribution in [-0.4, -0.2) is 55.6 Å². The van der Waals surface area contributed by atoms with Crippen LogP contribution in [0.2, 0.25) is 0 Å². The maximum Gasteiger partial charge on any atom is 0.338 e. The highest BCUT2D eigenvalue weighted by Gasteiger charge is 2.17. The molecule has 6 nitrogen and oxygen atoms in total. The van der Waals surface area contributed by atoms with Crippen LogP contribution in [0.4, 0.5) is 0 Å². The molecule has 2 aromatic rings. The predicted molar refractivity (Wildman–Crippen MR) is 113 cm³/mol. The monoisotopic (exact) mass is 416 g/mol. The van der Waals surface area contributed by atoms with Crippen molar-refractivity contribution in [2.75, 3.05) is 39.7 Å². The van der Waals surface area contributed by atoms with Crippen LogP contribution in [0, 0.1) is 0 Å². The molecule has 29 heavy (non-hydrogen) atoms. The lowest BCUT2D eigenvalue weighted by molar-refractivity contribution is 0.0489. The SMILES string of the molecule is COCCCCOC(=O)c1ccc(CN2CCSc3ncc(OC)cc3C2)cc1. The molecule has 0 N–H and O–H groups in total. The second kappa shape index (κ2) is 11.2. The van der Waals surface area contributed by atoms with E-state index in [1.807, 2.05) is 24.3 Å². The van der Waals surface area contributed by atoms with Crippen LogP contribution in [-0.2, 0) is 22.6 Å². The quantitative estimate of drug-likeness (QED) is 0.455. The Morgan fingerprint density at radius 2 is 1.97 bits per heavy atom. The summed E-state index contributed by atoms with van der Waals surface area (Å²) in [6, 6.07) is 9.77. The summed E-state index contributed by atoms with van der Waals surface area (Å²) in [6.45, 7) is 3.75. The van der Waals surface area contributed by atoms with Gasteiger partial charge in [0.15, 0.2) is 0 Å². The topological polar surface area (TPSA) is 60.9 Å². The summed E-state index contributed by atoms with van der Waals surface area (Å²) < 4.78 is 15.6. The van der Waals surface area contributed by atoms with Gasteiger partial charge in [-0.1, -0.05) is 12.1 Å². The van der Waals surface area contributed by atoms with Gasteiger partial charge in [-0.2, -0.15) is 0 Å². The summed E-state index contributed by atoms with van der Waals surface area (Å²) in [7, 11) is 3.34. The molecule has 0 bridgehead atoms. The van der Waals surface area contributed by atoms with E-state index < -0.39 is 0 Å². The van der Waals surface area contributed by atoms with Gasteiger partial charge in [0.05, 0.1) is 25.5 Å². The van der Waals surface area contributed by atoms with Crippen molar-refractivity contribution < 1.29 is 19.0 Å². The summed E-state index contributed by atoms with van der Waals surface area (Å²) >= 11 is 1.78. The Balaban J connectivity index is 1.54. The van der Waals surface area contributed by atoms with Crippen molar-refractivity contribution in [3.8, 4) is 5.75 Å². The maximum absolute atomic E-state index is 12.1. The normalized spacial score (nSPS) is 14.1. The number of carbonyl (C=O) groups is 1. The molecule has 0 fully saturated rings. The fourth-order valence-electron chi connectivity index (χ4n) is 3.16. The van der Waals surface area contributed by atoms with E-state index in [0.29, 0.717) is 18.8 Å². The number of thioether (sulfide) groups is 1. The Morgan fingerprint density at radius 3 is 2.72 bits per heavy atom. The van der Waals surface area contributed by atoms with Crippen LogP contribution in [0.1, 0.15) is 34.3 Å². The van der Waals surface area contributed by atoms with Crippen molar-refractivity contribution in [1.29, 1.82) is 0 Å². The van der Waals surface area contributed by atoms with E-state index in [4.69, 9.17) is 14.2 Å². The van der Waals surface area contributed by atoms with E-state index in [1.165, 1.54) is 11.1 Å². The number of hydrogen-bond donors (Lipinski definition) is 0. The molecule has 0 saturated carbocycles. The van der Waals surface area contributed by atoms with Crippen LogP contribution in [0.5, 0.6) is 5.75 Å². The lowest BCUT2D eigenvalue weighted by Gasteiger charge is -2.20. The fraction of sp³-hybridized carbons (Fsp3) is 0.455. The molecule has 0 spiro atoms. The molecule has 3 rings (SSSR count). The second-order valence-electron chi connectivity index (χ2n) is 6.93. The highest BCUT2D eigenvalue weighted by molar-refractivity contribution is 7.99. The zero-order valence-corrected chi connectivity index (χ0v) is 17.9. The van der Waals surface area contributed by atoms with Gasteiger partial charge in [-0.05, 0) is 36.6 Å². The molecule has 0 unspecified atom stereocenters. The minimum atomic E-state index is -0.271. The van der Waals surface area contributed by atoms with E-state index in [1.54, 1.807) is 32.2 Å². The standard InChI is InChI=1S/C22H28N2O4S/c1-26-10-3-4-11-28-22(25)18-7-5-17(6-8-18)15-24-9-12-29-21-19(16-24)13-20(27-2)14-23-21/h5-8,13-14H,3-4,9-12,15-16H2,1-2H3. The minimum absolute atomic E-state index is 0.271. The van der Waals surface area contributed by atoms with Gasteiger partial charge in [-0.15, -0.1) is 11.8 Å². The number of benzene rings is 1. The van der Waals surface area contributed by atoms with Crippen LogP contribution in [0.15, 0.2) is 41.6 Å². The zero-order chi connectivity index (χ0) is 20.5. The van der Waals surface area contributed by atoms with Crippen molar-refractivity contribution in [3.63, 3.8) is 0 Å². The number of methoxy groups -OCH3 is 2. The van der Waals surface area contributed by atoms with E-state index in [2.05, 4.69) is 16.0 Å². The summed E-state index contributed by atoms with van der Waals surface area (Å²) in [4.78, 5) is 19.0. The number of esters is 1. The maximum atomic E-state index is 12.1. The van der Waals surface area contributed by atoms with Gasteiger partial charge >= 0.3 is 5.97 Å². The van der Waals surface area contributed by atoms with Crippen LogP contribution >= 0.6 is 11.8 Å². The molecule has 1 aromatic carbocycles. The molecule has 0 atom stereocenters. The molecule has 0 amide bonds. The highest BCUT2D eigenvalue weighted by Crippen LogP contribution is 2.28. The fourth-order valence-corrected chi connectivity index (χ4v) is 4.14. The highest BCUT2D eigenvalue weighted by atomic mass is 32.2. The van der Waals surface area contributed by atoms with Crippen molar-refractivity contribution in [3.05, 3.63) is 53.2 Å². The average Bonchev–Trinajstić information content (AvgIpc) is 2.95. The molecular weight excluding hydrogens is 388 g/mol. The summed E-state index contributed by atoms with van der Waals surface area (Å²) in [5.41, 5.74) is 2.96. The van der Waals surface area contributed by atoms with Gasteiger partial charge in [-0.3, -0.25) is 4.90 Å². The summed E-state index contributed by atoms with van der Waals surface area (Å²) in [6.07, 6.45) is 3.48. The van der Waals surface area contributed by atoms with Gasteiger partial charge in [0, 0.05) is 44.7 Å². The third-order valence-corrected chi connectivity index (χ3v) is 5.78. The lowest BCUT2D eigenvalue weighted by atomic mass is 10.1. The van der Waals surface area contributed by atoms with Gasteiger partial charge < -0.3 is 14.2 Å². The van der Waals surface area contributed by atoms with Crippen LogP contribution in [0.25, 0.3) is 0 Å². The van der Waals surface area contributed by atoms with Crippen LogP contribution in [0.3, 0.4) is 0 Å². The number of nitrogens with zero attached hydrogens (tertiary/aromatic N) is 2. The Morgan fingerprint density at radius 1 is 1.17 bits per heavy atom. The smallest absolute Gasteiger partial charge is 0.338 e. The first kappa shape index (κ1) is 21.6. The third kappa shape index (κ3) is 6.45. The molecule has 1 aliphatic rings. The molecule has 1 aliphatic heterocycles. The first-order valence-electron chi connectivity index (χ1n) is 9.82. The molecule has 0 radical (unpaired) electrons. The molecule has 0 aliphatic carbocycles. The van der Waals surface area contributed by atoms with E-state index in [0.717, 1.165) is 49.0 Å². The lowest BCUT2D eigenvalue weighted by Crippen LogP contribution is -2.24. The number of rotatable bonds is 9. The number of aromatic nitrogens is 1. The third-order valence-electron chi connectivity index (χ3n) is 4.75. The number of fused-ring (bicyclic) bond motifs is 1. The van der Waals surface area contributed by atoms with Gasteiger partial charge in [0.1, 0.15) is 10.8 Å². The average molecular weight is 417 g/mol. The number of ether oxygens (including phenoxy) is 3. The van der Waals surface area contributed by atoms with Crippen molar-refractivity contribution in [2.24, 2.45) is 0 Å². The van der Waals surface area contributed by atoms with Gasteiger partial charge in [0.2, 0.25) is 0 Å². The molecule has 1 aromatic heterocycles. The summed E-state index contributed by atoms with van der Waals surface area (Å²) in [5, 5.41) is 1.08. The Hall–Kier alpha value is -2.09. The number of unbranched alkanes of at least 4 members (excludes halogenated alkanes) is 1. The number of hydrogen-bond acceptors (Lipinski definition) is 7. The van der Waals surface area contributed by atoms with E-state index in [-0.39, 0.29) is 5.97 Å². The van der Waals surface area contributed by atoms with E-state index >= 15 is 0 Å². The number of pyridine rings is 1. The largest absolute Gasteiger partial charge is 0.495 e. The molecule has 7 heteroatoms. The zero-order valence-electron chi connectivity index (χ0n) is 17.1.